The van der Waals surface area contributed by atoms with Crippen LogP contribution in [0.1, 0.15) is 11.3 Å². The zero-order valence-electron chi connectivity index (χ0n) is 10.2. The lowest BCUT2D eigenvalue weighted by Gasteiger charge is -2.03. The number of halogens is 2. The van der Waals surface area contributed by atoms with Gasteiger partial charge in [0.15, 0.2) is 0 Å². The highest BCUT2D eigenvalue weighted by Gasteiger charge is 2.05. The molecule has 0 radical (unpaired) electrons. The van der Waals surface area contributed by atoms with Crippen LogP contribution in [0.5, 0.6) is 5.75 Å². The number of rotatable bonds is 3. The summed E-state index contributed by atoms with van der Waals surface area (Å²) in [4.78, 5) is 13.8. The van der Waals surface area contributed by atoms with Crippen LogP contribution >= 0.6 is 31.9 Å². The number of hydrogen-bond donors (Lipinski definition) is 3. The number of H-pyrrole nitrogens is 1. The topological polar surface area (TPSA) is 103 Å². The van der Waals surface area contributed by atoms with Crippen molar-refractivity contribution >= 4 is 44.0 Å². The second-order valence-electron chi connectivity index (χ2n) is 3.78. The minimum absolute atomic E-state index is 0.0576. The maximum Gasteiger partial charge on any atom is 0.274 e. The normalized spacial score (nSPS) is 10.9. The van der Waals surface area contributed by atoms with Gasteiger partial charge in [-0.05, 0) is 35.0 Å². The molecule has 0 saturated heterocycles. The molecule has 1 aromatic carbocycles. The van der Waals surface area contributed by atoms with Crippen LogP contribution in [-0.4, -0.2) is 26.5 Å². The minimum Gasteiger partial charge on any atom is -0.506 e. The molecule has 0 aliphatic heterocycles. The first-order chi connectivity index (χ1) is 9.47. The van der Waals surface area contributed by atoms with E-state index in [0.717, 1.165) is 4.47 Å². The van der Waals surface area contributed by atoms with Gasteiger partial charge in [0.2, 0.25) is 5.95 Å². The van der Waals surface area contributed by atoms with E-state index in [9.17, 15) is 9.90 Å². The third-order valence-corrected chi connectivity index (χ3v) is 3.35. The van der Waals surface area contributed by atoms with E-state index in [1.54, 1.807) is 19.1 Å². The fourth-order valence-corrected chi connectivity index (χ4v) is 2.55. The monoisotopic (exact) mass is 401 g/mol. The Bertz CT molecular complexity index is 729. The zero-order valence-corrected chi connectivity index (χ0v) is 13.4. The lowest BCUT2D eigenvalue weighted by molar-refractivity contribution is 0.471. The Hall–Kier alpha value is -1.74. The van der Waals surface area contributed by atoms with Crippen molar-refractivity contribution in [1.29, 1.82) is 0 Å². The number of benzene rings is 1. The molecule has 0 spiro atoms. The number of hydrogen-bond acceptors (Lipinski definition) is 6. The van der Waals surface area contributed by atoms with Crippen molar-refractivity contribution in [2.45, 2.75) is 6.92 Å². The quantitative estimate of drug-likeness (QED) is 0.539. The largest absolute Gasteiger partial charge is 0.506 e. The second-order valence-corrected chi connectivity index (χ2v) is 5.55. The van der Waals surface area contributed by atoms with E-state index >= 15 is 0 Å². The van der Waals surface area contributed by atoms with E-state index in [1.807, 2.05) is 0 Å². The fraction of sp³-hybridized carbons (Fsp3) is 0.0909. The molecule has 104 valence electrons. The van der Waals surface area contributed by atoms with Crippen LogP contribution in [0.15, 0.2) is 31.0 Å². The molecule has 1 heterocycles. The van der Waals surface area contributed by atoms with Crippen molar-refractivity contribution in [1.82, 2.24) is 15.2 Å². The molecule has 0 fully saturated rings. The molecular formula is C11H9Br2N5O2. The van der Waals surface area contributed by atoms with Crippen molar-refractivity contribution in [2.24, 2.45) is 5.10 Å². The fourth-order valence-electron chi connectivity index (χ4n) is 1.29. The molecule has 0 bridgehead atoms. The summed E-state index contributed by atoms with van der Waals surface area (Å²) in [5.41, 5.74) is 2.94. The minimum atomic E-state index is -0.342. The number of aromatic nitrogens is 3. The second kappa shape index (κ2) is 6.14. The maximum absolute atomic E-state index is 11.3. The Balaban J connectivity index is 2.18. The number of aromatic amines is 1. The molecular weight excluding hydrogens is 394 g/mol. The smallest absolute Gasteiger partial charge is 0.274 e. The van der Waals surface area contributed by atoms with Crippen LogP contribution in [0, 0.1) is 6.92 Å². The summed E-state index contributed by atoms with van der Waals surface area (Å²) in [6.07, 6.45) is 1.39. The molecule has 7 nitrogen and oxygen atoms in total. The summed E-state index contributed by atoms with van der Waals surface area (Å²) >= 11 is 6.53. The van der Waals surface area contributed by atoms with E-state index in [0.29, 0.717) is 10.0 Å². The van der Waals surface area contributed by atoms with E-state index in [2.05, 4.69) is 57.6 Å². The van der Waals surface area contributed by atoms with E-state index in [1.165, 1.54) is 6.21 Å². The Kier molecular flexibility index (Phi) is 4.50. The molecule has 0 aliphatic rings. The van der Waals surface area contributed by atoms with Crippen LogP contribution < -0.4 is 11.0 Å². The van der Waals surface area contributed by atoms with Gasteiger partial charge in [0, 0.05) is 10.0 Å². The van der Waals surface area contributed by atoms with Gasteiger partial charge >= 0.3 is 0 Å². The van der Waals surface area contributed by atoms with Crippen LogP contribution in [0.2, 0.25) is 0 Å². The molecule has 3 N–H and O–H groups in total. The average Bonchev–Trinajstić information content (AvgIpc) is 2.39. The molecule has 0 saturated carbocycles. The highest BCUT2D eigenvalue weighted by Crippen LogP contribution is 2.30. The van der Waals surface area contributed by atoms with Gasteiger partial charge in [0.1, 0.15) is 11.4 Å². The Labute approximate surface area is 130 Å². The number of aryl methyl sites for hydroxylation is 1. The van der Waals surface area contributed by atoms with Crippen molar-refractivity contribution in [2.75, 3.05) is 5.43 Å². The summed E-state index contributed by atoms with van der Waals surface area (Å²) in [6, 6.07) is 3.40. The zero-order chi connectivity index (χ0) is 14.7. The number of phenols is 1. The van der Waals surface area contributed by atoms with Crippen molar-refractivity contribution in [3.8, 4) is 5.75 Å². The molecule has 2 aromatic rings. The van der Waals surface area contributed by atoms with Gasteiger partial charge in [0.05, 0.1) is 10.7 Å². The highest BCUT2D eigenvalue weighted by atomic mass is 79.9. The number of anilines is 1. The van der Waals surface area contributed by atoms with E-state index in [-0.39, 0.29) is 23.0 Å². The summed E-state index contributed by atoms with van der Waals surface area (Å²) in [5, 5.41) is 21.1. The van der Waals surface area contributed by atoms with Gasteiger partial charge in [0.25, 0.3) is 5.56 Å². The highest BCUT2D eigenvalue weighted by molar-refractivity contribution is 9.11. The predicted octanol–water partition coefficient (Wildman–Crippen LogP) is 2.15. The Morgan fingerprint density at radius 2 is 2.15 bits per heavy atom. The first-order valence-electron chi connectivity index (χ1n) is 5.38. The van der Waals surface area contributed by atoms with Crippen molar-refractivity contribution in [3.63, 3.8) is 0 Å². The molecule has 9 heteroatoms. The molecule has 0 unspecified atom stereocenters. The van der Waals surface area contributed by atoms with Crippen molar-refractivity contribution in [3.05, 3.63) is 42.7 Å². The van der Waals surface area contributed by atoms with Crippen molar-refractivity contribution < 1.29 is 5.11 Å². The SMILES string of the molecule is Cc1nnc(N/N=C\c2cc(Br)cc(Br)c2O)[nH]c1=O. The summed E-state index contributed by atoms with van der Waals surface area (Å²) < 4.78 is 1.32. The summed E-state index contributed by atoms with van der Waals surface area (Å²) in [5.74, 6) is 0.174. The average molecular weight is 403 g/mol. The number of phenolic OH excluding ortho intramolecular Hbond substituents is 1. The first kappa shape index (κ1) is 14.7. The van der Waals surface area contributed by atoms with Crippen LogP contribution in [0.3, 0.4) is 0 Å². The number of nitrogens with zero attached hydrogens (tertiary/aromatic N) is 3. The van der Waals surface area contributed by atoms with Gasteiger partial charge in [-0.25, -0.2) is 5.43 Å². The lowest BCUT2D eigenvalue weighted by Crippen LogP contribution is -2.15. The number of nitrogens with one attached hydrogen (secondary N) is 2. The number of hydrazone groups is 1. The van der Waals surface area contributed by atoms with Gasteiger partial charge in [-0.3, -0.25) is 9.78 Å². The van der Waals surface area contributed by atoms with Crippen LogP contribution in [0.4, 0.5) is 5.95 Å². The Morgan fingerprint density at radius 3 is 2.85 bits per heavy atom. The maximum atomic E-state index is 11.3. The molecule has 0 atom stereocenters. The summed E-state index contributed by atoms with van der Waals surface area (Å²) in [7, 11) is 0. The third-order valence-electron chi connectivity index (χ3n) is 2.29. The lowest BCUT2D eigenvalue weighted by atomic mass is 10.2. The Morgan fingerprint density at radius 1 is 1.40 bits per heavy atom. The van der Waals surface area contributed by atoms with Gasteiger partial charge in [-0.2, -0.15) is 5.10 Å². The van der Waals surface area contributed by atoms with E-state index < -0.39 is 0 Å². The van der Waals surface area contributed by atoms with Crippen LogP contribution in [-0.2, 0) is 0 Å². The number of aromatic hydroxyl groups is 1. The van der Waals surface area contributed by atoms with Gasteiger partial charge in [-0.15, -0.1) is 10.2 Å². The first-order valence-corrected chi connectivity index (χ1v) is 6.96. The molecule has 0 amide bonds. The summed E-state index contributed by atoms with van der Waals surface area (Å²) in [6.45, 7) is 1.55. The van der Waals surface area contributed by atoms with Gasteiger partial charge < -0.3 is 5.11 Å². The van der Waals surface area contributed by atoms with Crippen LogP contribution in [0.25, 0.3) is 0 Å². The van der Waals surface area contributed by atoms with E-state index in [4.69, 9.17) is 0 Å². The molecule has 0 aliphatic carbocycles. The van der Waals surface area contributed by atoms with Gasteiger partial charge in [-0.1, -0.05) is 15.9 Å². The predicted molar refractivity (Wildman–Crippen MR) is 82.1 cm³/mol. The molecule has 20 heavy (non-hydrogen) atoms. The molecule has 2 rings (SSSR count). The third kappa shape index (κ3) is 3.42. The standard InChI is InChI=1S/C11H9Br2N5O2/c1-5-10(20)15-11(18-16-5)17-14-4-6-2-7(12)3-8(13)9(6)19/h2-4,19H,1H3,(H2,15,17,18,20)/b14-4-. The molecule has 1 aromatic heterocycles.